The van der Waals surface area contributed by atoms with Gasteiger partial charge in [-0.2, -0.15) is 15.0 Å². The molecular formula is C20H20FN5O3. The molecule has 0 radical (unpaired) electrons. The van der Waals surface area contributed by atoms with Crippen LogP contribution >= 0.6 is 0 Å². The van der Waals surface area contributed by atoms with Gasteiger partial charge in [-0.15, -0.1) is 0 Å². The van der Waals surface area contributed by atoms with Crippen molar-refractivity contribution in [2.75, 3.05) is 18.2 Å². The Morgan fingerprint density at radius 3 is 2.59 bits per heavy atom. The monoisotopic (exact) mass is 397 g/mol. The van der Waals surface area contributed by atoms with Gasteiger partial charge in [-0.3, -0.25) is 4.79 Å². The molecule has 1 aromatic heterocycles. The fourth-order valence-corrected chi connectivity index (χ4v) is 2.51. The van der Waals surface area contributed by atoms with Crippen molar-refractivity contribution in [1.29, 1.82) is 0 Å². The first-order valence-electron chi connectivity index (χ1n) is 8.75. The van der Waals surface area contributed by atoms with Crippen LogP contribution < -0.4 is 15.8 Å². The first-order valence-corrected chi connectivity index (χ1v) is 8.75. The van der Waals surface area contributed by atoms with Crippen LogP contribution in [0, 0.1) is 12.7 Å². The molecule has 3 rings (SSSR count). The van der Waals surface area contributed by atoms with Gasteiger partial charge in [-0.05, 0) is 36.8 Å². The Kier molecular flexibility index (Phi) is 6.18. The number of aromatic nitrogens is 3. The molecule has 150 valence electrons. The maximum absolute atomic E-state index is 13.7. The van der Waals surface area contributed by atoms with Gasteiger partial charge in [0.25, 0.3) is 0 Å². The van der Waals surface area contributed by atoms with Crippen LogP contribution in [0.3, 0.4) is 0 Å². The van der Waals surface area contributed by atoms with E-state index in [1.165, 1.54) is 19.2 Å². The van der Waals surface area contributed by atoms with Gasteiger partial charge in [0.15, 0.2) is 24.0 Å². The minimum absolute atomic E-state index is 0.00196. The van der Waals surface area contributed by atoms with E-state index in [9.17, 15) is 9.18 Å². The van der Waals surface area contributed by atoms with Crippen molar-refractivity contribution < 1.29 is 18.7 Å². The van der Waals surface area contributed by atoms with Gasteiger partial charge in [-0.25, -0.2) is 4.39 Å². The fraction of sp³-hybridized carbons (Fsp3) is 0.200. The molecule has 1 heterocycles. The number of rotatable bonds is 7. The lowest BCUT2D eigenvalue weighted by Crippen LogP contribution is -2.12. The Morgan fingerprint density at radius 2 is 1.90 bits per heavy atom. The number of methoxy groups -OCH3 is 1. The second-order valence-corrected chi connectivity index (χ2v) is 6.23. The van der Waals surface area contributed by atoms with Gasteiger partial charge in [0.05, 0.1) is 13.5 Å². The molecule has 0 aliphatic rings. The number of anilines is 3. The summed E-state index contributed by atoms with van der Waals surface area (Å²) in [7, 11) is 1.37. The van der Waals surface area contributed by atoms with Crippen LogP contribution in [0.4, 0.5) is 22.0 Å². The molecule has 29 heavy (non-hydrogen) atoms. The van der Waals surface area contributed by atoms with E-state index in [0.29, 0.717) is 5.56 Å². The summed E-state index contributed by atoms with van der Waals surface area (Å²) in [6, 6.07) is 11.9. The van der Waals surface area contributed by atoms with Gasteiger partial charge in [0.1, 0.15) is 0 Å². The Balaban J connectivity index is 1.61. The summed E-state index contributed by atoms with van der Waals surface area (Å²) in [6.07, 6.45) is -0.101. The number of carbonyl (C=O) groups excluding carboxylic acids is 1. The third-order valence-corrected chi connectivity index (χ3v) is 3.93. The number of aryl methyl sites for hydroxylation is 1. The van der Waals surface area contributed by atoms with Gasteiger partial charge in [0.2, 0.25) is 11.9 Å². The molecule has 3 aromatic rings. The Morgan fingerprint density at radius 1 is 1.14 bits per heavy atom. The summed E-state index contributed by atoms with van der Waals surface area (Å²) >= 11 is 0. The molecule has 0 amide bonds. The average molecular weight is 397 g/mol. The maximum atomic E-state index is 13.7. The standard InChI is InChI=1S/C20H20FN5O3/c1-12-3-6-14(7-4-12)23-20-25-17(24-19(22)26-20)11-29-18(27)10-13-5-8-16(28-2)15(21)9-13/h3-9H,10-11H2,1-2H3,(H3,22,23,24,25,26). The topological polar surface area (TPSA) is 112 Å². The highest BCUT2D eigenvalue weighted by Crippen LogP contribution is 2.18. The van der Waals surface area contributed by atoms with Crippen molar-refractivity contribution in [1.82, 2.24) is 15.0 Å². The lowest BCUT2D eigenvalue weighted by atomic mass is 10.1. The predicted octanol–water partition coefficient (Wildman–Crippen LogP) is 2.94. The number of benzene rings is 2. The molecule has 0 atom stereocenters. The largest absolute Gasteiger partial charge is 0.494 e. The lowest BCUT2D eigenvalue weighted by Gasteiger charge is -2.09. The van der Waals surface area contributed by atoms with Crippen LogP contribution in [0.5, 0.6) is 5.75 Å². The molecule has 3 N–H and O–H groups in total. The molecule has 0 spiro atoms. The number of nitrogens with zero attached hydrogens (tertiary/aromatic N) is 3. The van der Waals surface area contributed by atoms with Crippen LogP contribution in [0.1, 0.15) is 17.0 Å². The molecular weight excluding hydrogens is 377 g/mol. The first kappa shape index (κ1) is 20.0. The van der Waals surface area contributed by atoms with Gasteiger partial charge in [-0.1, -0.05) is 23.8 Å². The fourth-order valence-electron chi connectivity index (χ4n) is 2.51. The number of hydrogen-bond donors (Lipinski definition) is 2. The van der Waals surface area contributed by atoms with E-state index in [4.69, 9.17) is 15.2 Å². The van der Waals surface area contributed by atoms with Crippen LogP contribution in [0.2, 0.25) is 0 Å². The zero-order valence-electron chi connectivity index (χ0n) is 16.0. The number of nitrogens with one attached hydrogen (secondary N) is 1. The van der Waals surface area contributed by atoms with E-state index < -0.39 is 11.8 Å². The zero-order chi connectivity index (χ0) is 20.8. The number of nitrogen functional groups attached to an aromatic ring is 1. The molecule has 0 bridgehead atoms. The van der Waals surface area contributed by atoms with Gasteiger partial charge < -0.3 is 20.5 Å². The summed E-state index contributed by atoms with van der Waals surface area (Å²) in [5, 5.41) is 3.02. The van der Waals surface area contributed by atoms with E-state index in [1.54, 1.807) is 6.07 Å². The Hall–Kier alpha value is -3.75. The lowest BCUT2D eigenvalue weighted by molar-refractivity contribution is -0.144. The van der Waals surface area contributed by atoms with Crippen molar-refractivity contribution in [3.8, 4) is 5.75 Å². The zero-order valence-corrected chi connectivity index (χ0v) is 16.0. The maximum Gasteiger partial charge on any atom is 0.310 e. The number of hydrogen-bond acceptors (Lipinski definition) is 8. The van der Waals surface area contributed by atoms with Crippen molar-refractivity contribution >= 4 is 23.6 Å². The smallest absolute Gasteiger partial charge is 0.310 e. The summed E-state index contributed by atoms with van der Waals surface area (Å²) in [4.78, 5) is 24.2. The molecule has 0 aliphatic heterocycles. The minimum Gasteiger partial charge on any atom is -0.494 e. The van der Waals surface area contributed by atoms with Crippen molar-refractivity contribution in [2.24, 2.45) is 0 Å². The molecule has 0 aliphatic carbocycles. The average Bonchev–Trinajstić information content (AvgIpc) is 2.68. The summed E-state index contributed by atoms with van der Waals surface area (Å²) in [5.74, 6) is -0.559. The summed E-state index contributed by atoms with van der Waals surface area (Å²) in [6.45, 7) is 1.80. The molecule has 0 unspecified atom stereocenters. The van der Waals surface area contributed by atoms with E-state index in [-0.39, 0.29) is 36.5 Å². The highest BCUT2D eigenvalue weighted by atomic mass is 19.1. The predicted molar refractivity (Wildman–Crippen MR) is 105 cm³/mol. The number of halogens is 1. The molecule has 8 nitrogen and oxygen atoms in total. The van der Waals surface area contributed by atoms with Crippen LogP contribution in [-0.2, 0) is 22.6 Å². The minimum atomic E-state index is -0.554. The normalized spacial score (nSPS) is 10.4. The van der Waals surface area contributed by atoms with E-state index in [2.05, 4.69) is 20.3 Å². The molecule has 9 heteroatoms. The summed E-state index contributed by atoms with van der Waals surface area (Å²) < 4.78 is 23.7. The number of carbonyl (C=O) groups is 1. The third kappa shape index (κ3) is 5.61. The Bertz CT molecular complexity index is 1010. The highest BCUT2D eigenvalue weighted by Gasteiger charge is 2.11. The molecule has 2 aromatic carbocycles. The molecule has 0 saturated heterocycles. The van der Waals surface area contributed by atoms with Gasteiger partial charge >= 0.3 is 5.97 Å². The molecule has 0 saturated carbocycles. The number of esters is 1. The third-order valence-electron chi connectivity index (χ3n) is 3.93. The highest BCUT2D eigenvalue weighted by molar-refractivity contribution is 5.72. The first-order chi connectivity index (χ1) is 13.9. The number of ether oxygens (including phenoxy) is 2. The van der Waals surface area contributed by atoms with Crippen molar-refractivity contribution in [3.63, 3.8) is 0 Å². The Labute approximate surface area is 166 Å². The number of nitrogens with two attached hydrogens (primary N) is 1. The quantitative estimate of drug-likeness (QED) is 0.585. The second kappa shape index (κ2) is 8.96. The van der Waals surface area contributed by atoms with E-state index >= 15 is 0 Å². The van der Waals surface area contributed by atoms with Crippen LogP contribution in [-0.4, -0.2) is 28.0 Å². The summed E-state index contributed by atoms with van der Waals surface area (Å²) in [5.41, 5.74) is 8.08. The van der Waals surface area contributed by atoms with Crippen LogP contribution in [0.25, 0.3) is 0 Å². The van der Waals surface area contributed by atoms with Gasteiger partial charge in [0, 0.05) is 5.69 Å². The second-order valence-electron chi connectivity index (χ2n) is 6.23. The SMILES string of the molecule is COc1ccc(CC(=O)OCc2nc(N)nc(Nc3ccc(C)cc3)n2)cc1F. The molecule has 0 fully saturated rings. The van der Waals surface area contributed by atoms with Crippen molar-refractivity contribution in [2.45, 2.75) is 20.0 Å². The van der Waals surface area contributed by atoms with Crippen LogP contribution in [0.15, 0.2) is 42.5 Å². The van der Waals surface area contributed by atoms with Crippen molar-refractivity contribution in [3.05, 3.63) is 65.2 Å². The van der Waals surface area contributed by atoms with E-state index in [0.717, 1.165) is 11.3 Å². The van der Waals surface area contributed by atoms with E-state index in [1.807, 2.05) is 31.2 Å².